The predicted octanol–water partition coefficient (Wildman–Crippen LogP) is 3.03. The largest absolute Gasteiger partial charge is 0.298 e. The molecule has 0 spiro atoms. The molecule has 0 unspecified atom stereocenters. The Morgan fingerprint density at radius 3 is 2.31 bits per heavy atom. The second kappa shape index (κ2) is 6.76. The molecule has 0 aliphatic carbocycles. The van der Waals surface area contributed by atoms with Crippen molar-refractivity contribution in [2.75, 3.05) is 11.8 Å². The molecule has 3 rings (SSSR count). The van der Waals surface area contributed by atoms with Crippen LogP contribution < -0.4 is 4.72 Å². The van der Waals surface area contributed by atoms with Gasteiger partial charge in [0.25, 0.3) is 15.9 Å². The van der Waals surface area contributed by atoms with Crippen LogP contribution in [-0.4, -0.2) is 32.1 Å². The van der Waals surface area contributed by atoms with Crippen LogP contribution in [0.1, 0.15) is 18.1 Å². The van der Waals surface area contributed by atoms with Gasteiger partial charge >= 0.3 is 0 Å². The molecule has 7 heteroatoms. The van der Waals surface area contributed by atoms with E-state index in [1.807, 2.05) is 6.92 Å². The fourth-order valence-corrected chi connectivity index (χ4v) is 3.58. The van der Waals surface area contributed by atoms with Gasteiger partial charge in [0.2, 0.25) is 0 Å². The molecule has 0 saturated heterocycles. The maximum absolute atomic E-state index is 12.6. The monoisotopic (exact) mass is 369 g/mol. The van der Waals surface area contributed by atoms with Crippen LogP contribution in [0.2, 0.25) is 0 Å². The van der Waals surface area contributed by atoms with Gasteiger partial charge in [-0.15, -0.1) is 0 Å². The molecule has 134 valence electrons. The second-order valence-corrected chi connectivity index (χ2v) is 7.74. The van der Waals surface area contributed by atoms with Crippen molar-refractivity contribution in [1.82, 2.24) is 4.90 Å². The van der Waals surface area contributed by atoms with E-state index in [4.69, 9.17) is 0 Å². The third kappa shape index (κ3) is 3.52. The third-order valence-corrected chi connectivity index (χ3v) is 5.50. The minimum atomic E-state index is -3.73. The number of sulfonamides is 1. The van der Waals surface area contributed by atoms with Crippen molar-refractivity contribution in [3.63, 3.8) is 0 Å². The molecule has 1 amide bonds. The topological polar surface area (TPSA) is 78.8 Å². The zero-order valence-electron chi connectivity index (χ0n) is 14.7. The summed E-state index contributed by atoms with van der Waals surface area (Å²) in [4.78, 5) is 18.0. The fourth-order valence-electron chi connectivity index (χ4n) is 2.49. The van der Waals surface area contributed by atoms with Crippen LogP contribution in [0.25, 0.3) is 6.08 Å². The first-order valence-electron chi connectivity index (χ1n) is 8.01. The normalized spacial score (nSPS) is 16.1. The first-order valence-corrected chi connectivity index (χ1v) is 9.50. The lowest BCUT2D eigenvalue weighted by atomic mass is 10.1. The van der Waals surface area contributed by atoms with E-state index in [1.165, 1.54) is 4.90 Å². The van der Waals surface area contributed by atoms with Crippen molar-refractivity contribution in [2.45, 2.75) is 18.7 Å². The predicted molar refractivity (Wildman–Crippen MR) is 102 cm³/mol. The number of amides is 1. The number of para-hydroxylation sites is 1. The molecular formula is C19H19N3O3S. The van der Waals surface area contributed by atoms with Crippen molar-refractivity contribution in [2.24, 2.45) is 4.99 Å². The molecule has 0 bridgehead atoms. The number of hydrogen-bond donors (Lipinski definition) is 1. The van der Waals surface area contributed by atoms with Crippen LogP contribution in [0.3, 0.4) is 0 Å². The Kier molecular flexibility index (Phi) is 4.65. The van der Waals surface area contributed by atoms with Crippen molar-refractivity contribution >= 4 is 33.5 Å². The minimum absolute atomic E-state index is 0.177. The molecule has 1 heterocycles. The average Bonchev–Trinajstić information content (AvgIpc) is 2.84. The lowest BCUT2D eigenvalue weighted by molar-refractivity contribution is -0.121. The number of nitrogens with zero attached hydrogens (tertiary/aromatic N) is 2. The van der Waals surface area contributed by atoms with Crippen LogP contribution in [0.15, 0.2) is 64.1 Å². The van der Waals surface area contributed by atoms with E-state index in [2.05, 4.69) is 9.71 Å². The van der Waals surface area contributed by atoms with Crippen LogP contribution in [0.5, 0.6) is 0 Å². The number of amidine groups is 1. The maximum atomic E-state index is 12.6. The highest BCUT2D eigenvalue weighted by molar-refractivity contribution is 7.92. The zero-order valence-corrected chi connectivity index (χ0v) is 15.5. The first-order chi connectivity index (χ1) is 12.3. The van der Waals surface area contributed by atoms with E-state index < -0.39 is 10.0 Å². The van der Waals surface area contributed by atoms with E-state index in [1.54, 1.807) is 68.6 Å². The minimum Gasteiger partial charge on any atom is -0.298 e. The molecule has 26 heavy (non-hydrogen) atoms. The van der Waals surface area contributed by atoms with Gasteiger partial charge in [0, 0.05) is 12.6 Å². The Bertz CT molecular complexity index is 1020. The van der Waals surface area contributed by atoms with Crippen LogP contribution in [0, 0.1) is 6.92 Å². The molecule has 2 aromatic rings. The maximum Gasteiger partial charge on any atom is 0.277 e. The number of hydrogen-bond acceptors (Lipinski definition) is 4. The Balaban J connectivity index is 1.96. The number of likely N-dealkylation sites (N-methyl/N-ethyl adjacent to an activating group) is 1. The Morgan fingerprint density at radius 1 is 1.04 bits per heavy atom. The number of carbonyl (C=O) groups is 1. The molecular weight excluding hydrogens is 350 g/mol. The number of benzene rings is 2. The summed E-state index contributed by atoms with van der Waals surface area (Å²) in [5.74, 6) is 0.373. The summed E-state index contributed by atoms with van der Waals surface area (Å²) in [5.41, 5.74) is 2.20. The smallest absolute Gasteiger partial charge is 0.277 e. The first kappa shape index (κ1) is 17.9. The quantitative estimate of drug-likeness (QED) is 0.842. The van der Waals surface area contributed by atoms with Crippen molar-refractivity contribution in [3.8, 4) is 0 Å². The van der Waals surface area contributed by atoms with E-state index in [-0.39, 0.29) is 16.5 Å². The molecule has 6 nitrogen and oxygen atoms in total. The zero-order chi connectivity index (χ0) is 18.9. The summed E-state index contributed by atoms with van der Waals surface area (Å²) in [7, 11) is -2.08. The van der Waals surface area contributed by atoms with Gasteiger partial charge in [0.15, 0.2) is 0 Å². The molecule has 0 aromatic heterocycles. The summed E-state index contributed by atoms with van der Waals surface area (Å²) in [6, 6.07) is 13.5. The Hall–Kier alpha value is -2.93. The van der Waals surface area contributed by atoms with E-state index in [9.17, 15) is 13.2 Å². The summed E-state index contributed by atoms with van der Waals surface area (Å²) in [6.45, 7) is 3.63. The van der Waals surface area contributed by atoms with Crippen LogP contribution in [-0.2, 0) is 14.8 Å². The number of carbonyl (C=O) groups excluding carboxylic acids is 1. The van der Waals surface area contributed by atoms with Crippen molar-refractivity contribution < 1.29 is 13.2 Å². The SMILES string of the molecule is CC1=N/C(=C\c2ccccc2NS(=O)(=O)c2ccc(C)cc2)C(=O)N1C. The number of rotatable bonds is 4. The molecule has 0 fully saturated rings. The molecule has 1 aliphatic heterocycles. The van der Waals surface area contributed by atoms with Crippen LogP contribution >= 0.6 is 0 Å². The summed E-state index contributed by atoms with van der Waals surface area (Å²) < 4.78 is 27.9. The summed E-state index contributed by atoms with van der Waals surface area (Å²) in [5, 5.41) is 0. The summed E-state index contributed by atoms with van der Waals surface area (Å²) in [6.07, 6.45) is 1.59. The van der Waals surface area contributed by atoms with Gasteiger partial charge in [-0.2, -0.15) is 0 Å². The van der Waals surface area contributed by atoms with Gasteiger partial charge in [-0.25, -0.2) is 13.4 Å². The van der Waals surface area contributed by atoms with Gasteiger partial charge in [-0.1, -0.05) is 35.9 Å². The lowest BCUT2D eigenvalue weighted by Crippen LogP contribution is -2.25. The lowest BCUT2D eigenvalue weighted by Gasteiger charge is -2.11. The highest BCUT2D eigenvalue weighted by Crippen LogP contribution is 2.24. The molecule has 0 atom stereocenters. The van der Waals surface area contributed by atoms with Gasteiger partial charge in [-0.3, -0.25) is 14.4 Å². The van der Waals surface area contributed by atoms with Crippen LogP contribution in [0.4, 0.5) is 5.69 Å². The number of nitrogens with one attached hydrogen (secondary N) is 1. The average molecular weight is 369 g/mol. The van der Waals surface area contributed by atoms with E-state index >= 15 is 0 Å². The molecule has 2 aromatic carbocycles. The van der Waals surface area contributed by atoms with Crippen molar-refractivity contribution in [3.05, 3.63) is 65.4 Å². The van der Waals surface area contributed by atoms with Crippen molar-refractivity contribution in [1.29, 1.82) is 0 Å². The molecule has 0 saturated carbocycles. The van der Waals surface area contributed by atoms with Gasteiger partial charge in [0.05, 0.1) is 10.6 Å². The molecule has 1 N–H and O–H groups in total. The highest BCUT2D eigenvalue weighted by Gasteiger charge is 2.24. The van der Waals surface area contributed by atoms with E-state index in [0.29, 0.717) is 17.1 Å². The Morgan fingerprint density at radius 2 is 1.69 bits per heavy atom. The van der Waals surface area contributed by atoms with E-state index in [0.717, 1.165) is 5.56 Å². The molecule has 0 radical (unpaired) electrons. The summed E-state index contributed by atoms with van der Waals surface area (Å²) >= 11 is 0. The van der Waals surface area contributed by atoms with Gasteiger partial charge < -0.3 is 0 Å². The fraction of sp³-hybridized carbons (Fsp3) is 0.158. The standard InChI is InChI=1S/C19H19N3O3S/c1-13-8-10-16(11-9-13)26(24,25)21-17-7-5-4-6-15(17)12-18-19(23)22(3)14(2)20-18/h4-12,21H,1-3H3/b18-12-. The molecule has 1 aliphatic rings. The third-order valence-electron chi connectivity index (χ3n) is 4.12. The highest BCUT2D eigenvalue weighted by atomic mass is 32.2. The number of aliphatic imine (C=N–C) groups is 1. The second-order valence-electron chi connectivity index (χ2n) is 6.06. The van der Waals surface area contributed by atoms with Gasteiger partial charge in [-0.05, 0) is 38.1 Å². The Labute approximate surface area is 152 Å². The van der Waals surface area contributed by atoms with Gasteiger partial charge in [0.1, 0.15) is 11.5 Å². The number of anilines is 1. The number of aryl methyl sites for hydroxylation is 1.